The molecule has 0 aliphatic heterocycles. The predicted molar refractivity (Wildman–Crippen MR) is 117 cm³/mol. The van der Waals surface area contributed by atoms with Gasteiger partial charge < -0.3 is 15.4 Å². The molecule has 0 saturated heterocycles. The molecule has 0 saturated carbocycles. The normalized spacial score (nSPS) is 10.3. The van der Waals surface area contributed by atoms with Crippen LogP contribution >= 0.6 is 0 Å². The Morgan fingerprint density at radius 2 is 1.53 bits per heavy atom. The summed E-state index contributed by atoms with van der Waals surface area (Å²) < 4.78 is 5.76. The van der Waals surface area contributed by atoms with Crippen LogP contribution in [-0.2, 0) is 0 Å². The van der Waals surface area contributed by atoms with Crippen molar-refractivity contribution in [2.75, 3.05) is 10.6 Å². The van der Waals surface area contributed by atoms with Crippen molar-refractivity contribution >= 4 is 23.2 Å². The molecule has 1 amide bonds. The summed E-state index contributed by atoms with van der Waals surface area (Å²) >= 11 is 0. The molecule has 0 radical (unpaired) electrons. The number of nitrogens with zero attached hydrogens (tertiary/aromatic N) is 2. The van der Waals surface area contributed by atoms with Gasteiger partial charge in [0.1, 0.15) is 17.2 Å². The number of aryl methyl sites for hydroxylation is 1. The molecule has 148 valence electrons. The van der Waals surface area contributed by atoms with Gasteiger partial charge in [0, 0.05) is 17.6 Å². The van der Waals surface area contributed by atoms with Crippen LogP contribution in [0.1, 0.15) is 16.1 Å². The Hall–Kier alpha value is -4.19. The van der Waals surface area contributed by atoms with Crippen molar-refractivity contribution in [3.63, 3.8) is 0 Å². The summed E-state index contributed by atoms with van der Waals surface area (Å²) in [4.78, 5) is 21.1. The highest BCUT2D eigenvalue weighted by molar-refractivity contribution is 6.03. The summed E-state index contributed by atoms with van der Waals surface area (Å²) in [6, 6.07) is 26.1. The Labute approximate surface area is 174 Å². The van der Waals surface area contributed by atoms with Crippen LogP contribution in [0.25, 0.3) is 0 Å². The smallest absolute Gasteiger partial charge is 0.274 e. The maximum Gasteiger partial charge on any atom is 0.274 e. The lowest BCUT2D eigenvalue weighted by Gasteiger charge is -2.10. The third kappa shape index (κ3) is 4.80. The maximum absolute atomic E-state index is 12.6. The molecule has 0 aliphatic carbocycles. The molecule has 1 heterocycles. The van der Waals surface area contributed by atoms with E-state index in [1.807, 2.05) is 61.5 Å². The van der Waals surface area contributed by atoms with Crippen LogP contribution in [0.3, 0.4) is 0 Å². The molecule has 4 aromatic rings. The first-order chi connectivity index (χ1) is 14.7. The first kappa shape index (κ1) is 19.1. The van der Waals surface area contributed by atoms with Gasteiger partial charge in [-0.2, -0.15) is 0 Å². The van der Waals surface area contributed by atoms with Crippen LogP contribution in [0.2, 0.25) is 0 Å². The van der Waals surface area contributed by atoms with Gasteiger partial charge in [-0.3, -0.25) is 4.79 Å². The summed E-state index contributed by atoms with van der Waals surface area (Å²) in [5.41, 5.74) is 2.87. The molecule has 3 aromatic carbocycles. The van der Waals surface area contributed by atoms with E-state index in [2.05, 4.69) is 20.6 Å². The zero-order valence-electron chi connectivity index (χ0n) is 16.4. The number of amides is 1. The Bertz CT molecular complexity index is 1150. The Morgan fingerprint density at radius 1 is 0.833 bits per heavy atom. The molecule has 6 nitrogen and oxygen atoms in total. The number of carbonyl (C=O) groups is 1. The third-order valence-electron chi connectivity index (χ3n) is 4.37. The fourth-order valence-electron chi connectivity index (χ4n) is 2.81. The van der Waals surface area contributed by atoms with Gasteiger partial charge in [-0.25, -0.2) is 9.97 Å². The predicted octanol–water partition coefficient (Wildman–Crippen LogP) is 5.57. The molecule has 0 bridgehead atoms. The largest absolute Gasteiger partial charge is 0.457 e. The highest BCUT2D eigenvalue weighted by Gasteiger charge is 2.10. The van der Waals surface area contributed by atoms with E-state index in [4.69, 9.17) is 4.74 Å². The zero-order valence-corrected chi connectivity index (χ0v) is 16.4. The second-order valence-corrected chi connectivity index (χ2v) is 6.60. The van der Waals surface area contributed by atoms with Crippen molar-refractivity contribution in [3.05, 3.63) is 102 Å². The van der Waals surface area contributed by atoms with Crippen molar-refractivity contribution < 1.29 is 9.53 Å². The summed E-state index contributed by atoms with van der Waals surface area (Å²) in [5, 5.41) is 5.98. The number of aromatic nitrogens is 2. The number of rotatable bonds is 6. The number of carbonyl (C=O) groups excluding carboxylic acids is 1. The molecule has 6 heteroatoms. The Kier molecular flexibility index (Phi) is 5.66. The second-order valence-electron chi connectivity index (χ2n) is 6.60. The van der Waals surface area contributed by atoms with Crippen molar-refractivity contribution in [1.29, 1.82) is 0 Å². The highest BCUT2D eigenvalue weighted by Crippen LogP contribution is 2.23. The summed E-state index contributed by atoms with van der Waals surface area (Å²) in [6.07, 6.45) is 1.55. The van der Waals surface area contributed by atoms with E-state index in [1.54, 1.807) is 36.5 Å². The Balaban J connectivity index is 1.42. The van der Waals surface area contributed by atoms with E-state index in [9.17, 15) is 4.79 Å². The van der Waals surface area contributed by atoms with Gasteiger partial charge in [0.05, 0.1) is 0 Å². The van der Waals surface area contributed by atoms with E-state index in [1.165, 1.54) is 0 Å². The lowest BCUT2D eigenvalue weighted by molar-refractivity contribution is 0.102. The van der Waals surface area contributed by atoms with Crippen molar-refractivity contribution in [3.8, 4) is 11.5 Å². The standard InChI is InChI=1S/C24H20N4O2/c1-17-7-5-6-10-21(17)27-24-25-16-15-22(28-24)23(29)26-18-11-13-20(14-12-18)30-19-8-3-2-4-9-19/h2-16H,1H3,(H,26,29)(H,25,27,28). The van der Waals surface area contributed by atoms with Gasteiger partial charge in [0.25, 0.3) is 5.91 Å². The highest BCUT2D eigenvalue weighted by atomic mass is 16.5. The van der Waals surface area contributed by atoms with Gasteiger partial charge in [0.2, 0.25) is 5.95 Å². The lowest BCUT2D eigenvalue weighted by Crippen LogP contribution is -2.14. The number of ether oxygens (including phenoxy) is 1. The molecule has 0 unspecified atom stereocenters. The van der Waals surface area contributed by atoms with E-state index in [0.29, 0.717) is 17.4 Å². The van der Waals surface area contributed by atoms with E-state index in [0.717, 1.165) is 17.0 Å². The molecule has 0 atom stereocenters. The lowest BCUT2D eigenvalue weighted by atomic mass is 10.2. The number of para-hydroxylation sites is 2. The molecule has 0 fully saturated rings. The van der Waals surface area contributed by atoms with Crippen LogP contribution in [0.15, 0.2) is 91.1 Å². The number of hydrogen-bond donors (Lipinski definition) is 2. The summed E-state index contributed by atoms with van der Waals surface area (Å²) in [6.45, 7) is 1.99. The molecule has 0 spiro atoms. The molecule has 2 N–H and O–H groups in total. The fourth-order valence-corrected chi connectivity index (χ4v) is 2.81. The van der Waals surface area contributed by atoms with Gasteiger partial charge >= 0.3 is 0 Å². The molecule has 4 rings (SSSR count). The van der Waals surface area contributed by atoms with E-state index in [-0.39, 0.29) is 11.6 Å². The number of anilines is 3. The average Bonchev–Trinajstić information content (AvgIpc) is 2.78. The first-order valence-electron chi connectivity index (χ1n) is 9.47. The summed E-state index contributed by atoms with van der Waals surface area (Å²) in [5.74, 6) is 1.49. The van der Waals surface area contributed by atoms with Crippen LogP contribution in [0, 0.1) is 6.92 Å². The molecule has 30 heavy (non-hydrogen) atoms. The van der Waals surface area contributed by atoms with E-state index >= 15 is 0 Å². The van der Waals surface area contributed by atoms with Crippen LogP contribution < -0.4 is 15.4 Å². The molecule has 1 aromatic heterocycles. The molecule has 0 aliphatic rings. The van der Waals surface area contributed by atoms with Gasteiger partial charge in [-0.15, -0.1) is 0 Å². The number of hydrogen-bond acceptors (Lipinski definition) is 5. The zero-order chi connectivity index (χ0) is 20.8. The maximum atomic E-state index is 12.6. The quantitative estimate of drug-likeness (QED) is 0.445. The third-order valence-corrected chi connectivity index (χ3v) is 4.37. The minimum absolute atomic E-state index is 0.269. The topological polar surface area (TPSA) is 76.1 Å². The minimum Gasteiger partial charge on any atom is -0.457 e. The minimum atomic E-state index is -0.318. The van der Waals surface area contributed by atoms with E-state index < -0.39 is 0 Å². The monoisotopic (exact) mass is 396 g/mol. The number of benzene rings is 3. The SMILES string of the molecule is Cc1ccccc1Nc1nccc(C(=O)Nc2ccc(Oc3ccccc3)cc2)n1. The van der Waals surface area contributed by atoms with Gasteiger partial charge in [0.15, 0.2) is 0 Å². The van der Waals surface area contributed by atoms with Crippen molar-refractivity contribution in [2.24, 2.45) is 0 Å². The van der Waals surface area contributed by atoms with Crippen molar-refractivity contribution in [1.82, 2.24) is 9.97 Å². The molecular weight excluding hydrogens is 376 g/mol. The fraction of sp³-hybridized carbons (Fsp3) is 0.0417. The van der Waals surface area contributed by atoms with Crippen LogP contribution in [-0.4, -0.2) is 15.9 Å². The first-order valence-corrected chi connectivity index (χ1v) is 9.47. The Morgan fingerprint density at radius 3 is 2.30 bits per heavy atom. The average molecular weight is 396 g/mol. The summed E-state index contributed by atoms with van der Waals surface area (Å²) in [7, 11) is 0. The number of nitrogens with one attached hydrogen (secondary N) is 2. The second kappa shape index (κ2) is 8.87. The van der Waals surface area contributed by atoms with Crippen molar-refractivity contribution in [2.45, 2.75) is 6.92 Å². The van der Waals surface area contributed by atoms with Gasteiger partial charge in [-0.05, 0) is 61.0 Å². The molecular formula is C24H20N4O2. The van der Waals surface area contributed by atoms with Crippen LogP contribution in [0.5, 0.6) is 11.5 Å². The van der Waals surface area contributed by atoms with Gasteiger partial charge in [-0.1, -0.05) is 36.4 Å². The van der Waals surface area contributed by atoms with Crippen LogP contribution in [0.4, 0.5) is 17.3 Å².